The number of hydrogen-bond donors (Lipinski definition) is 2. The first-order chi connectivity index (χ1) is 17.0. The maximum absolute atomic E-state index is 14.3. The number of carbonyl (C=O) groups excluding carboxylic acids is 1. The standard InChI is InChI=1S/C23H29F4N5O4/c1-13(2)20-29-21(30-36-20)31-10-14(12-33)7-17(11-31)32(16-4-5-16)22(34)28-9-15-3-6-18(8-19(15)24)35-23(25,26)27/h3,6,8,13-14,16-17,33H,4-5,7,9-12H2,1-2H3,(H,28,34). The van der Waals surface area contributed by atoms with Crippen molar-refractivity contribution >= 4 is 12.0 Å². The van der Waals surface area contributed by atoms with Crippen LogP contribution in [0, 0.1) is 11.7 Å². The summed E-state index contributed by atoms with van der Waals surface area (Å²) < 4.78 is 60.5. The van der Waals surface area contributed by atoms with Gasteiger partial charge in [0.2, 0.25) is 5.89 Å². The fraction of sp³-hybridized carbons (Fsp3) is 0.609. The molecule has 36 heavy (non-hydrogen) atoms. The fourth-order valence-electron chi connectivity index (χ4n) is 4.37. The minimum atomic E-state index is -4.93. The summed E-state index contributed by atoms with van der Waals surface area (Å²) in [5.41, 5.74) is 0.0279. The number of carbonyl (C=O) groups is 1. The summed E-state index contributed by atoms with van der Waals surface area (Å²) in [4.78, 5) is 21.2. The number of piperidine rings is 1. The van der Waals surface area contributed by atoms with Gasteiger partial charge in [-0.2, -0.15) is 4.98 Å². The summed E-state index contributed by atoms with van der Waals surface area (Å²) in [5.74, 6) is -0.744. The lowest BCUT2D eigenvalue weighted by molar-refractivity contribution is -0.274. The molecular formula is C23H29F4N5O4. The van der Waals surface area contributed by atoms with Crippen LogP contribution >= 0.6 is 0 Å². The predicted molar refractivity (Wildman–Crippen MR) is 120 cm³/mol. The van der Waals surface area contributed by atoms with E-state index in [0.717, 1.165) is 25.0 Å². The molecular weight excluding hydrogens is 486 g/mol. The third kappa shape index (κ3) is 6.37. The van der Waals surface area contributed by atoms with Crippen LogP contribution in [0.5, 0.6) is 5.75 Å². The van der Waals surface area contributed by atoms with Crippen molar-refractivity contribution in [1.29, 1.82) is 0 Å². The Labute approximate surface area is 205 Å². The minimum absolute atomic E-state index is 0.0122. The van der Waals surface area contributed by atoms with E-state index in [1.165, 1.54) is 0 Å². The minimum Gasteiger partial charge on any atom is -0.406 e. The first-order valence-corrected chi connectivity index (χ1v) is 11.8. The zero-order valence-corrected chi connectivity index (χ0v) is 20.0. The molecule has 2 aromatic rings. The second-order valence-electron chi connectivity index (χ2n) is 9.53. The monoisotopic (exact) mass is 515 g/mol. The highest BCUT2D eigenvalue weighted by atomic mass is 19.4. The molecule has 1 saturated heterocycles. The number of urea groups is 1. The zero-order chi connectivity index (χ0) is 26.0. The van der Waals surface area contributed by atoms with Gasteiger partial charge in [-0.3, -0.25) is 0 Å². The Morgan fingerprint density at radius 2 is 2.06 bits per heavy atom. The Balaban J connectivity index is 1.44. The normalized spacial score (nSPS) is 20.5. The van der Waals surface area contributed by atoms with Crippen molar-refractivity contribution in [3.8, 4) is 5.75 Å². The largest absolute Gasteiger partial charge is 0.573 e. The van der Waals surface area contributed by atoms with E-state index in [0.29, 0.717) is 37.4 Å². The van der Waals surface area contributed by atoms with Gasteiger partial charge in [-0.05, 0) is 30.5 Å². The molecule has 1 aromatic carbocycles. The Hall–Kier alpha value is -3.09. The van der Waals surface area contributed by atoms with Gasteiger partial charge in [0.25, 0.3) is 5.95 Å². The summed E-state index contributed by atoms with van der Waals surface area (Å²) >= 11 is 0. The number of nitrogens with zero attached hydrogens (tertiary/aromatic N) is 4. The number of benzene rings is 1. The maximum Gasteiger partial charge on any atom is 0.573 e. The second kappa shape index (κ2) is 10.5. The van der Waals surface area contributed by atoms with Gasteiger partial charge in [-0.25, -0.2) is 9.18 Å². The molecule has 2 atom stereocenters. The first-order valence-electron chi connectivity index (χ1n) is 11.8. The van der Waals surface area contributed by atoms with Gasteiger partial charge in [0.15, 0.2) is 0 Å². The van der Waals surface area contributed by atoms with E-state index >= 15 is 0 Å². The van der Waals surface area contributed by atoms with Crippen LogP contribution in [-0.4, -0.2) is 64.3 Å². The van der Waals surface area contributed by atoms with E-state index in [1.807, 2.05) is 18.7 Å². The highest BCUT2D eigenvalue weighted by Gasteiger charge is 2.41. The van der Waals surface area contributed by atoms with Crippen LogP contribution in [0.25, 0.3) is 0 Å². The van der Waals surface area contributed by atoms with Crippen molar-refractivity contribution in [3.05, 3.63) is 35.5 Å². The molecule has 2 heterocycles. The Morgan fingerprint density at radius 3 is 2.64 bits per heavy atom. The summed E-state index contributed by atoms with van der Waals surface area (Å²) in [5, 5.41) is 16.6. The number of alkyl halides is 3. The lowest BCUT2D eigenvalue weighted by atomic mass is 9.94. The smallest absolute Gasteiger partial charge is 0.406 e. The maximum atomic E-state index is 14.3. The third-order valence-corrected chi connectivity index (χ3v) is 6.24. The summed E-state index contributed by atoms with van der Waals surface area (Å²) in [6.07, 6.45) is -2.70. The van der Waals surface area contributed by atoms with Crippen LogP contribution < -0.4 is 15.0 Å². The van der Waals surface area contributed by atoms with E-state index < -0.39 is 24.0 Å². The Kier molecular flexibility index (Phi) is 7.57. The molecule has 4 rings (SSSR count). The van der Waals surface area contributed by atoms with Crippen LogP contribution in [0.1, 0.15) is 50.5 Å². The highest BCUT2D eigenvalue weighted by molar-refractivity contribution is 5.75. The quantitative estimate of drug-likeness (QED) is 0.516. The number of aliphatic hydroxyl groups is 1. The second-order valence-corrected chi connectivity index (χ2v) is 9.53. The summed E-state index contributed by atoms with van der Waals surface area (Å²) in [7, 11) is 0. The molecule has 2 unspecified atom stereocenters. The highest BCUT2D eigenvalue weighted by Crippen LogP contribution is 2.34. The predicted octanol–water partition coefficient (Wildman–Crippen LogP) is 3.79. The van der Waals surface area contributed by atoms with Crippen molar-refractivity contribution in [2.24, 2.45) is 5.92 Å². The van der Waals surface area contributed by atoms with Gasteiger partial charge in [0.05, 0.1) is 6.04 Å². The zero-order valence-electron chi connectivity index (χ0n) is 20.0. The number of anilines is 1. The number of aromatic nitrogens is 2. The molecule has 1 aliphatic carbocycles. The van der Waals surface area contributed by atoms with E-state index in [2.05, 4.69) is 20.2 Å². The number of amides is 2. The molecule has 9 nitrogen and oxygen atoms in total. The molecule has 2 fully saturated rings. The number of rotatable bonds is 8. The van der Waals surface area contributed by atoms with Crippen molar-refractivity contribution in [1.82, 2.24) is 20.4 Å². The first kappa shape index (κ1) is 26.0. The summed E-state index contributed by atoms with van der Waals surface area (Å²) in [6, 6.07) is 2.12. The molecule has 1 saturated carbocycles. The van der Waals surface area contributed by atoms with Crippen molar-refractivity contribution in [2.45, 2.75) is 64.0 Å². The van der Waals surface area contributed by atoms with Crippen LogP contribution in [0.2, 0.25) is 0 Å². The number of ether oxygens (including phenoxy) is 1. The van der Waals surface area contributed by atoms with Gasteiger partial charge in [0.1, 0.15) is 11.6 Å². The molecule has 1 aromatic heterocycles. The number of hydrogen-bond acceptors (Lipinski definition) is 7. The van der Waals surface area contributed by atoms with Crippen LogP contribution in [-0.2, 0) is 6.54 Å². The van der Waals surface area contributed by atoms with Gasteiger partial charge in [-0.15, -0.1) is 13.2 Å². The van der Waals surface area contributed by atoms with Gasteiger partial charge in [0, 0.05) is 55.7 Å². The van der Waals surface area contributed by atoms with E-state index in [1.54, 1.807) is 4.90 Å². The van der Waals surface area contributed by atoms with Crippen LogP contribution in [0.4, 0.5) is 28.3 Å². The molecule has 2 amide bonds. The average Bonchev–Trinajstić information content (AvgIpc) is 3.50. The van der Waals surface area contributed by atoms with Crippen molar-refractivity contribution in [3.63, 3.8) is 0 Å². The molecule has 198 valence electrons. The molecule has 0 bridgehead atoms. The van der Waals surface area contributed by atoms with Crippen LogP contribution in [0.15, 0.2) is 22.7 Å². The molecule has 2 N–H and O–H groups in total. The van der Waals surface area contributed by atoms with E-state index in [-0.39, 0.29) is 42.6 Å². The van der Waals surface area contributed by atoms with Gasteiger partial charge in [-0.1, -0.05) is 19.9 Å². The lowest BCUT2D eigenvalue weighted by Crippen LogP contribution is -2.56. The van der Waals surface area contributed by atoms with Crippen LogP contribution in [0.3, 0.4) is 0 Å². The van der Waals surface area contributed by atoms with E-state index in [4.69, 9.17) is 4.52 Å². The molecule has 13 heteroatoms. The van der Waals surface area contributed by atoms with Crippen molar-refractivity contribution in [2.75, 3.05) is 24.6 Å². The topological polar surface area (TPSA) is 104 Å². The molecule has 0 spiro atoms. The van der Waals surface area contributed by atoms with Gasteiger partial charge < -0.3 is 29.5 Å². The summed E-state index contributed by atoms with van der Waals surface area (Å²) in [6.45, 7) is 4.55. The van der Waals surface area contributed by atoms with E-state index in [9.17, 15) is 27.5 Å². The average molecular weight is 516 g/mol. The molecule has 1 aliphatic heterocycles. The number of aliphatic hydroxyl groups excluding tert-OH is 1. The SMILES string of the molecule is CC(C)c1nc(N2CC(CO)CC(N(C(=O)NCc3ccc(OC(F)(F)F)cc3F)C3CC3)C2)no1. The fourth-order valence-corrected chi connectivity index (χ4v) is 4.37. The number of halogens is 4. The number of nitrogens with one attached hydrogen (secondary N) is 1. The Bertz CT molecular complexity index is 1060. The third-order valence-electron chi connectivity index (χ3n) is 6.24. The van der Waals surface area contributed by atoms with Crippen molar-refractivity contribution < 1.29 is 36.7 Å². The Morgan fingerprint density at radius 1 is 1.31 bits per heavy atom. The molecule has 2 aliphatic rings. The van der Waals surface area contributed by atoms with Gasteiger partial charge >= 0.3 is 12.4 Å². The lowest BCUT2D eigenvalue weighted by Gasteiger charge is -2.42. The molecule has 0 radical (unpaired) electrons.